The molecule has 0 saturated carbocycles. The Kier molecular flexibility index (Phi) is 16.7. The predicted octanol–water partition coefficient (Wildman–Crippen LogP) is -6.63. The van der Waals surface area contributed by atoms with Crippen molar-refractivity contribution in [3.63, 3.8) is 0 Å². The molecule has 0 aromatic rings. The summed E-state index contributed by atoms with van der Waals surface area (Å²) in [6.45, 7) is 0. The molecule has 0 fully saturated rings. The second kappa shape index (κ2) is 10.0. The summed E-state index contributed by atoms with van der Waals surface area (Å²) >= 11 is -11.8. The Hall–Kier alpha value is 2.17. The molecule has 0 aliphatic heterocycles. The van der Waals surface area contributed by atoms with E-state index in [0.717, 1.165) is 0 Å². The number of hydrogen-bond donors (Lipinski definition) is 1. The molecular weight excluding hydrogens is 415 g/mol. The van der Waals surface area contributed by atoms with E-state index in [1.807, 2.05) is 0 Å². The van der Waals surface area contributed by atoms with Crippen LogP contribution in [0.1, 0.15) is 0 Å². The zero-order valence-electron chi connectivity index (χ0n) is 7.06. The van der Waals surface area contributed by atoms with Gasteiger partial charge < -0.3 is 9.11 Å². The van der Waals surface area contributed by atoms with E-state index in [1.54, 1.807) is 0 Å². The first kappa shape index (κ1) is 26.7. The van der Waals surface area contributed by atoms with Crippen LogP contribution in [0.15, 0.2) is 0 Å². The van der Waals surface area contributed by atoms with Gasteiger partial charge in [-0.1, -0.05) is 0 Å². The van der Waals surface area contributed by atoms with Crippen LogP contribution in [0.4, 0.5) is 0 Å². The molecule has 0 bridgehead atoms. The molecule has 1 radical (unpaired) electrons. The van der Waals surface area contributed by atoms with E-state index in [0.29, 0.717) is 0 Å². The van der Waals surface area contributed by atoms with Crippen molar-refractivity contribution in [3.8, 4) is 0 Å². The average Bonchev–Trinajstić information content (AvgIpc) is 1.42. The van der Waals surface area contributed by atoms with Gasteiger partial charge in [-0.15, -0.1) is 0 Å². The SMILES string of the molecule is O=S(=O)([O-])[O-].[Cu+2].[K+].[O]=[Cr](=[O])([O-])[O][Cr](=[O])(=[O])[OH]. The Bertz CT molecular complexity index is 416. The Morgan fingerprint density at radius 1 is 1.06 bits per heavy atom. The van der Waals surface area contributed by atoms with Crippen LogP contribution in [-0.4, -0.2) is 21.7 Å². The van der Waals surface area contributed by atoms with Gasteiger partial charge in [-0.05, 0) is 0 Å². The average molecular weight is 416 g/mol. The Morgan fingerprint density at radius 3 is 1.25 bits per heavy atom. The fourth-order valence-electron chi connectivity index (χ4n) is 0.105. The quantitative estimate of drug-likeness (QED) is 0.255. The van der Waals surface area contributed by atoms with Crippen LogP contribution in [0, 0.1) is 0 Å². The first-order chi connectivity index (χ1) is 5.71. The van der Waals surface area contributed by atoms with Crippen molar-refractivity contribution in [1.82, 2.24) is 0 Å². The van der Waals surface area contributed by atoms with E-state index in [1.165, 1.54) is 0 Å². The summed E-state index contributed by atoms with van der Waals surface area (Å²) in [6, 6.07) is 0. The zero-order valence-corrected chi connectivity index (χ0v) is 14.5. The van der Waals surface area contributed by atoms with E-state index < -0.39 is 37.6 Å². The molecule has 0 heterocycles. The van der Waals surface area contributed by atoms with Gasteiger partial charge in [0, 0.05) is 10.4 Å². The van der Waals surface area contributed by atoms with Crippen molar-refractivity contribution in [2.45, 2.75) is 0 Å². The molecule has 0 atom stereocenters. The topological polar surface area (TPSA) is 201 Å². The van der Waals surface area contributed by atoms with Crippen molar-refractivity contribution in [2.24, 2.45) is 0 Å². The maximum absolute atomic E-state index is 9.49. The minimum absolute atomic E-state index is 0. The fourth-order valence-corrected chi connectivity index (χ4v) is 1.79. The van der Waals surface area contributed by atoms with Gasteiger partial charge in [-0.2, -0.15) is 0 Å². The van der Waals surface area contributed by atoms with Gasteiger partial charge in [-0.3, -0.25) is 8.42 Å². The van der Waals surface area contributed by atoms with Crippen molar-refractivity contribution in [1.29, 1.82) is 0 Å². The van der Waals surface area contributed by atoms with Crippen molar-refractivity contribution < 1.29 is 140 Å². The Morgan fingerprint density at radius 2 is 1.25 bits per heavy atom. The molecule has 0 rings (SSSR count). The molecule has 0 aliphatic carbocycles. The van der Waals surface area contributed by atoms with Gasteiger partial charge in [0.15, 0.2) is 0 Å². The minimum atomic E-state index is -6.01. The molecule has 1 N–H and O–H groups in total. The summed E-state index contributed by atoms with van der Waals surface area (Å²) in [4.78, 5) is 0. The first-order valence-electron chi connectivity index (χ1n) is 2.02. The van der Waals surface area contributed by atoms with Crippen LogP contribution in [0.25, 0.3) is 0 Å². The first-order valence-corrected chi connectivity index (χ1v) is 7.56. The molecular formula is HCr2CuKO11S. The van der Waals surface area contributed by atoms with Crippen LogP contribution >= 0.6 is 0 Å². The van der Waals surface area contributed by atoms with Gasteiger partial charge >= 0.3 is 122 Å². The van der Waals surface area contributed by atoms with Crippen molar-refractivity contribution in [2.75, 3.05) is 0 Å². The molecule has 0 aromatic carbocycles. The van der Waals surface area contributed by atoms with Crippen LogP contribution in [0.2, 0.25) is 0 Å². The summed E-state index contributed by atoms with van der Waals surface area (Å²) in [6.07, 6.45) is 0. The molecule has 0 aromatic heterocycles. The third-order valence-electron chi connectivity index (χ3n) is 0.169. The van der Waals surface area contributed by atoms with Crippen LogP contribution in [0.5, 0.6) is 0 Å². The summed E-state index contributed by atoms with van der Waals surface area (Å²) in [5.41, 5.74) is 0. The predicted molar refractivity (Wildman–Crippen MR) is 16.5 cm³/mol. The van der Waals surface area contributed by atoms with Crippen LogP contribution < -0.4 is 55.5 Å². The fraction of sp³-hybridized carbons (Fsp3) is 0. The second-order valence-electron chi connectivity index (χ2n) is 1.31. The van der Waals surface area contributed by atoms with Crippen molar-refractivity contribution in [3.05, 3.63) is 0 Å². The van der Waals surface area contributed by atoms with E-state index in [2.05, 4.69) is 2.84 Å². The van der Waals surface area contributed by atoms with Crippen molar-refractivity contribution >= 4 is 10.4 Å². The number of rotatable bonds is 2. The third-order valence-corrected chi connectivity index (χ3v) is 2.88. The molecule has 0 amide bonds. The summed E-state index contributed by atoms with van der Waals surface area (Å²) in [5, 5.41) is 0. The molecule has 16 heteroatoms. The van der Waals surface area contributed by atoms with E-state index >= 15 is 0 Å². The summed E-state index contributed by atoms with van der Waals surface area (Å²) < 4.78 is 91.7. The van der Waals surface area contributed by atoms with E-state index in [-0.39, 0.29) is 68.5 Å². The molecule has 0 aliphatic rings. The third kappa shape index (κ3) is 55.7. The van der Waals surface area contributed by atoms with E-state index in [9.17, 15) is 19.4 Å². The maximum atomic E-state index is 9.49. The normalized spacial score (nSPS) is 11.2. The molecule has 0 unspecified atom stereocenters. The molecule has 0 saturated heterocycles. The molecule has 0 spiro atoms. The van der Waals surface area contributed by atoms with Gasteiger partial charge in [-0.25, -0.2) is 0 Å². The van der Waals surface area contributed by atoms with Gasteiger partial charge in [0.1, 0.15) is 0 Å². The summed E-state index contributed by atoms with van der Waals surface area (Å²) in [7, 11) is -5.17. The van der Waals surface area contributed by atoms with Gasteiger partial charge in [0.25, 0.3) is 0 Å². The van der Waals surface area contributed by atoms with Gasteiger partial charge in [0.2, 0.25) is 0 Å². The van der Waals surface area contributed by atoms with E-state index in [4.69, 9.17) is 21.7 Å². The zero-order chi connectivity index (χ0) is 12.2. The standard InChI is InChI=1S/2Cr.Cu.K.H2O4S.H2O.6O/c;;;;1-5(2,3)4;;;;;;;/h;;;;(H2,1,2,3,4);1H2;;;;;;/q;+1;+2;+1;;;;;;;;-1/p-3. The second-order valence-corrected chi connectivity index (χ2v) is 5.83. The van der Waals surface area contributed by atoms with Gasteiger partial charge in [0.05, 0.1) is 0 Å². The Balaban J connectivity index is -0.0000000904. The Labute approximate surface area is 147 Å². The van der Waals surface area contributed by atoms with Crippen LogP contribution in [0.3, 0.4) is 0 Å². The monoisotopic (exact) mass is 415 g/mol. The van der Waals surface area contributed by atoms with Crippen LogP contribution in [-0.2, 0) is 72.7 Å². The molecule has 16 heavy (non-hydrogen) atoms. The summed E-state index contributed by atoms with van der Waals surface area (Å²) in [5.74, 6) is 0. The molecule has 97 valence electrons. The molecule has 11 nitrogen and oxygen atoms in total. The number of hydrogen-bond acceptors (Lipinski definition) is 10.